The van der Waals surface area contributed by atoms with Gasteiger partial charge in [0.1, 0.15) is 0 Å². The van der Waals surface area contributed by atoms with Gasteiger partial charge in [0.25, 0.3) is 0 Å². The molecule has 0 amide bonds. The molecule has 0 aliphatic carbocycles. The highest BCUT2D eigenvalue weighted by atomic mass is 32.2. The standard InChI is InChI=1S/C8H10O2S.C8H10OS.C7H8O2S.C7H8OS/c1-7-3-5-8(6-4-7)11(2,9)10;1-7-3-5-8(6-4-7)10(2)9;1-10(8,9)7-5-3-2-4-6-7;1-9(8)7-5-3-2-4-6-7/h3-6H,1-2H3;3-6H,1-2H3;2-6H,1H3;2-6H,1H3. The third kappa shape index (κ3) is 14.5. The van der Waals surface area contributed by atoms with Crippen molar-refractivity contribution in [3.8, 4) is 0 Å². The van der Waals surface area contributed by atoms with E-state index in [9.17, 15) is 25.3 Å². The second-order valence-electron chi connectivity index (χ2n) is 8.70. The van der Waals surface area contributed by atoms with Crippen LogP contribution in [0.5, 0.6) is 0 Å². The van der Waals surface area contributed by atoms with Crippen molar-refractivity contribution < 1.29 is 25.3 Å². The van der Waals surface area contributed by atoms with E-state index in [-0.39, 0.29) is 0 Å². The lowest BCUT2D eigenvalue weighted by Crippen LogP contribution is -1.95. The molecule has 4 aromatic carbocycles. The van der Waals surface area contributed by atoms with Gasteiger partial charge in [-0.1, -0.05) is 71.8 Å². The monoisotopic (exact) mass is 620 g/mol. The molecule has 2 unspecified atom stereocenters. The van der Waals surface area contributed by atoms with Gasteiger partial charge in [-0.2, -0.15) is 0 Å². The summed E-state index contributed by atoms with van der Waals surface area (Å²) in [4.78, 5) is 2.53. The number of benzene rings is 4. The Hall–Kier alpha value is -2.92. The predicted octanol–water partition coefficient (Wildman–Crippen LogP) is 5.65. The highest BCUT2D eigenvalue weighted by Gasteiger charge is 2.04. The Bertz CT molecular complexity index is 1570. The fraction of sp³-hybridized carbons (Fsp3) is 0.200. The molecule has 10 heteroatoms. The Labute approximate surface area is 244 Å². The van der Waals surface area contributed by atoms with E-state index < -0.39 is 41.3 Å². The van der Waals surface area contributed by atoms with E-state index in [0.29, 0.717) is 9.79 Å². The van der Waals surface area contributed by atoms with Crippen LogP contribution in [-0.2, 0) is 41.3 Å². The molecule has 0 fully saturated rings. The molecule has 0 bridgehead atoms. The van der Waals surface area contributed by atoms with Crippen LogP contribution in [-0.4, -0.2) is 50.3 Å². The van der Waals surface area contributed by atoms with Crippen LogP contribution in [0.2, 0.25) is 0 Å². The van der Waals surface area contributed by atoms with Gasteiger partial charge in [0, 0.05) is 56.4 Å². The Morgan fingerprint density at radius 2 is 0.750 bits per heavy atom. The molecule has 0 N–H and O–H groups in total. The molecule has 4 rings (SSSR count). The molecule has 0 spiro atoms. The van der Waals surface area contributed by atoms with Crippen LogP contribution < -0.4 is 0 Å². The van der Waals surface area contributed by atoms with Crippen molar-refractivity contribution in [3.05, 3.63) is 120 Å². The molecular weight excluding hydrogens is 585 g/mol. The number of hydrogen-bond donors (Lipinski definition) is 0. The van der Waals surface area contributed by atoms with E-state index in [1.54, 1.807) is 67.1 Å². The first-order valence-electron chi connectivity index (χ1n) is 11.9. The number of sulfone groups is 2. The summed E-state index contributed by atoms with van der Waals surface area (Å²) in [5, 5.41) is 0. The van der Waals surface area contributed by atoms with Gasteiger partial charge in [0.05, 0.1) is 9.79 Å². The minimum Gasteiger partial charge on any atom is -0.255 e. The smallest absolute Gasteiger partial charge is 0.175 e. The first-order valence-corrected chi connectivity index (χ1v) is 18.8. The van der Waals surface area contributed by atoms with Gasteiger partial charge in [-0.05, 0) is 62.4 Å². The summed E-state index contributed by atoms with van der Waals surface area (Å²) in [6, 6.07) is 32.3. The average molecular weight is 621 g/mol. The van der Waals surface area contributed by atoms with Crippen molar-refractivity contribution in [1.29, 1.82) is 0 Å². The van der Waals surface area contributed by atoms with Crippen molar-refractivity contribution in [1.82, 2.24) is 0 Å². The Balaban J connectivity index is 0.000000267. The predicted molar refractivity (Wildman–Crippen MR) is 166 cm³/mol. The summed E-state index contributed by atoms with van der Waals surface area (Å²) < 4.78 is 65.2. The van der Waals surface area contributed by atoms with Gasteiger partial charge in [0.2, 0.25) is 0 Å². The van der Waals surface area contributed by atoms with E-state index >= 15 is 0 Å². The zero-order chi connectivity index (χ0) is 30.3. The zero-order valence-corrected chi connectivity index (χ0v) is 26.7. The van der Waals surface area contributed by atoms with Crippen molar-refractivity contribution >= 4 is 41.3 Å². The van der Waals surface area contributed by atoms with Crippen LogP contribution in [0.1, 0.15) is 11.1 Å². The summed E-state index contributed by atoms with van der Waals surface area (Å²) in [5.41, 5.74) is 2.27. The lowest BCUT2D eigenvalue weighted by Gasteiger charge is -1.96. The summed E-state index contributed by atoms with van der Waals surface area (Å²) in [5.74, 6) is 0. The molecule has 0 aliphatic heterocycles. The molecule has 0 aliphatic rings. The quantitative estimate of drug-likeness (QED) is 0.292. The van der Waals surface area contributed by atoms with Crippen LogP contribution in [0.4, 0.5) is 0 Å². The van der Waals surface area contributed by atoms with Crippen LogP contribution >= 0.6 is 0 Å². The van der Waals surface area contributed by atoms with Crippen LogP contribution in [0.25, 0.3) is 0 Å². The normalized spacial score (nSPS) is 12.2. The Morgan fingerprint density at radius 3 is 1.05 bits per heavy atom. The van der Waals surface area contributed by atoms with Gasteiger partial charge in [-0.25, -0.2) is 16.8 Å². The minimum absolute atomic E-state index is 0.370. The number of aryl methyl sites for hydroxylation is 2. The lowest BCUT2D eigenvalue weighted by molar-refractivity contribution is 0.600. The maximum Gasteiger partial charge on any atom is 0.175 e. The van der Waals surface area contributed by atoms with Crippen molar-refractivity contribution in [3.63, 3.8) is 0 Å². The fourth-order valence-corrected chi connectivity index (χ4v) is 5.14. The van der Waals surface area contributed by atoms with Crippen LogP contribution in [0.3, 0.4) is 0 Å². The molecule has 40 heavy (non-hydrogen) atoms. The maximum absolute atomic E-state index is 10.9. The van der Waals surface area contributed by atoms with E-state index in [2.05, 4.69) is 0 Å². The number of hydrogen-bond acceptors (Lipinski definition) is 6. The van der Waals surface area contributed by atoms with Crippen molar-refractivity contribution in [2.45, 2.75) is 33.4 Å². The van der Waals surface area contributed by atoms with Gasteiger partial charge in [-0.3, -0.25) is 8.42 Å². The van der Waals surface area contributed by atoms with Crippen LogP contribution in [0, 0.1) is 13.8 Å². The third-order valence-corrected chi connectivity index (χ3v) is 9.18. The summed E-state index contributed by atoms with van der Waals surface area (Å²) in [6.45, 7) is 3.94. The molecule has 0 heterocycles. The fourth-order valence-electron chi connectivity index (χ4n) is 2.80. The van der Waals surface area contributed by atoms with Crippen molar-refractivity contribution in [2.24, 2.45) is 0 Å². The summed E-state index contributed by atoms with van der Waals surface area (Å²) in [6.07, 6.45) is 5.76. The highest BCUT2D eigenvalue weighted by molar-refractivity contribution is 7.91. The van der Waals surface area contributed by atoms with E-state index in [0.717, 1.165) is 15.4 Å². The van der Waals surface area contributed by atoms with E-state index in [1.165, 1.54) is 18.1 Å². The molecule has 0 saturated carbocycles. The van der Waals surface area contributed by atoms with Gasteiger partial charge >= 0.3 is 0 Å². The zero-order valence-electron chi connectivity index (χ0n) is 23.5. The summed E-state index contributed by atoms with van der Waals surface area (Å²) >= 11 is 0. The SMILES string of the molecule is CS(=O)(=O)c1ccccc1.CS(=O)c1ccccc1.Cc1ccc(S(C)(=O)=O)cc1.Cc1ccc(S(C)=O)cc1. The van der Waals surface area contributed by atoms with E-state index in [4.69, 9.17) is 0 Å². The maximum atomic E-state index is 10.9. The molecule has 6 nitrogen and oxygen atoms in total. The molecule has 0 saturated heterocycles. The van der Waals surface area contributed by atoms with Crippen LogP contribution in [0.15, 0.2) is 129 Å². The van der Waals surface area contributed by atoms with Crippen molar-refractivity contribution in [2.75, 3.05) is 25.0 Å². The minimum atomic E-state index is -3.02. The van der Waals surface area contributed by atoms with Gasteiger partial charge in [-0.15, -0.1) is 0 Å². The largest absolute Gasteiger partial charge is 0.255 e. The lowest BCUT2D eigenvalue weighted by atomic mass is 10.2. The molecule has 216 valence electrons. The number of rotatable bonds is 4. The Kier molecular flexibility index (Phi) is 14.9. The molecular formula is C30H36O6S4. The van der Waals surface area contributed by atoms with E-state index in [1.807, 2.05) is 68.4 Å². The highest BCUT2D eigenvalue weighted by Crippen LogP contribution is 2.09. The third-order valence-electron chi connectivity index (χ3n) is 5.05. The van der Waals surface area contributed by atoms with Gasteiger partial charge in [0.15, 0.2) is 19.7 Å². The van der Waals surface area contributed by atoms with Gasteiger partial charge < -0.3 is 0 Å². The average Bonchev–Trinajstić information content (AvgIpc) is 2.90. The first-order chi connectivity index (χ1) is 18.6. The molecule has 0 radical (unpaired) electrons. The molecule has 4 aromatic rings. The molecule has 2 atom stereocenters. The second kappa shape index (κ2) is 17.0. The Morgan fingerprint density at radius 1 is 0.450 bits per heavy atom. The molecule has 0 aromatic heterocycles. The summed E-state index contributed by atoms with van der Waals surface area (Å²) in [7, 11) is -7.69. The topological polar surface area (TPSA) is 102 Å². The second-order valence-corrected chi connectivity index (χ2v) is 15.5. The first kappa shape index (κ1) is 35.1.